The van der Waals surface area contributed by atoms with Crippen LogP contribution in [0.25, 0.3) is 100 Å². The molecule has 0 spiro atoms. The van der Waals surface area contributed by atoms with Crippen molar-refractivity contribution in [3.63, 3.8) is 0 Å². The molecule has 47 heavy (non-hydrogen) atoms. The molecule has 6 aromatic carbocycles. The molecule has 10 aromatic rings. The Bertz CT molecular complexity index is 2930. The molecule has 4 nitrogen and oxygen atoms in total. The van der Waals surface area contributed by atoms with E-state index < -0.39 is 0 Å². The van der Waals surface area contributed by atoms with E-state index in [1.165, 1.54) is 5.39 Å². The van der Waals surface area contributed by atoms with Crippen LogP contribution in [0.1, 0.15) is 18.2 Å². The van der Waals surface area contributed by atoms with Crippen LogP contribution in [-0.4, -0.2) is 9.13 Å². The van der Waals surface area contributed by atoms with Crippen molar-refractivity contribution in [2.24, 2.45) is 0 Å². The number of nitrogens with zero attached hydrogens (tertiary/aromatic N) is 2. The van der Waals surface area contributed by atoms with Gasteiger partial charge >= 0.3 is 0 Å². The quantitative estimate of drug-likeness (QED) is 0.200. The molecule has 0 aliphatic carbocycles. The van der Waals surface area contributed by atoms with Crippen molar-refractivity contribution in [1.82, 2.24) is 9.13 Å². The summed E-state index contributed by atoms with van der Waals surface area (Å²) in [5.41, 5.74) is 10.4. The topological polar surface area (TPSA) is 36.1 Å². The molecule has 0 atom stereocenters. The van der Waals surface area contributed by atoms with Crippen LogP contribution in [-0.2, 0) is 0 Å². The van der Waals surface area contributed by atoms with Gasteiger partial charge < -0.3 is 18.0 Å². The van der Waals surface area contributed by atoms with Gasteiger partial charge in [-0.2, -0.15) is 0 Å². The Balaban J connectivity index is 1.29. The lowest BCUT2D eigenvalue weighted by Gasteiger charge is -2.08. The molecule has 0 bridgehead atoms. The maximum Gasteiger partial charge on any atom is 0.145 e. The zero-order valence-corrected chi connectivity index (χ0v) is 25.7. The van der Waals surface area contributed by atoms with E-state index in [2.05, 4.69) is 138 Å². The van der Waals surface area contributed by atoms with Gasteiger partial charge in [0, 0.05) is 43.9 Å². The van der Waals surface area contributed by atoms with E-state index >= 15 is 0 Å². The second-order valence-electron chi connectivity index (χ2n) is 12.2. The fourth-order valence-electron chi connectivity index (χ4n) is 7.69. The van der Waals surface area contributed by atoms with Crippen molar-refractivity contribution in [2.45, 2.75) is 6.92 Å². The van der Waals surface area contributed by atoms with Crippen LogP contribution in [0, 0.1) is 0 Å². The predicted molar refractivity (Wildman–Crippen MR) is 197 cm³/mol. The predicted octanol–water partition coefficient (Wildman–Crippen LogP) is 12.2. The second-order valence-corrected chi connectivity index (χ2v) is 12.2. The summed E-state index contributed by atoms with van der Waals surface area (Å²) in [6, 6.07) is 44.8. The van der Waals surface area contributed by atoms with E-state index in [4.69, 9.17) is 8.83 Å². The van der Waals surface area contributed by atoms with Crippen molar-refractivity contribution in [3.8, 4) is 5.69 Å². The minimum atomic E-state index is 0.768. The largest absolute Gasteiger partial charge is 0.456 e. The molecule has 0 aliphatic heterocycles. The lowest BCUT2D eigenvalue weighted by molar-refractivity contribution is 0.603. The number of para-hydroxylation sites is 4. The number of furan rings is 2. The van der Waals surface area contributed by atoms with Crippen molar-refractivity contribution in [3.05, 3.63) is 145 Å². The van der Waals surface area contributed by atoms with Crippen LogP contribution >= 0.6 is 0 Å². The molecule has 10 rings (SSSR count). The van der Waals surface area contributed by atoms with E-state index in [1.807, 2.05) is 18.2 Å². The summed E-state index contributed by atoms with van der Waals surface area (Å²) in [6.45, 7) is 6.19. The molecule has 0 amide bonds. The van der Waals surface area contributed by atoms with Crippen molar-refractivity contribution >= 4 is 94.4 Å². The number of allylic oxidation sites excluding steroid dienone is 1. The maximum atomic E-state index is 7.06. The molecule has 0 radical (unpaired) electrons. The summed E-state index contributed by atoms with van der Waals surface area (Å²) in [5, 5.41) is 7.89. The summed E-state index contributed by atoms with van der Waals surface area (Å²) >= 11 is 0. The number of hydrogen-bond acceptors (Lipinski definition) is 2. The van der Waals surface area contributed by atoms with Gasteiger partial charge in [-0.3, -0.25) is 0 Å². The fraction of sp³-hybridized carbons (Fsp3) is 0.0233. The molecule has 0 saturated heterocycles. The SMILES string of the molecule is C=Cc1oc2ccccc2c1/C=C(\C)n1c2ccccc2c2c3oc4c(ccc5c4c4ccccc4n5-c4ccccc4)c3ccc21. The Morgan fingerprint density at radius 3 is 1.89 bits per heavy atom. The van der Waals surface area contributed by atoms with E-state index in [0.717, 1.165) is 93.8 Å². The molecule has 0 aliphatic rings. The van der Waals surface area contributed by atoms with Crippen LogP contribution in [0.3, 0.4) is 0 Å². The van der Waals surface area contributed by atoms with Crippen LogP contribution in [0.2, 0.25) is 0 Å². The normalized spacial score (nSPS) is 12.6. The van der Waals surface area contributed by atoms with Crippen molar-refractivity contribution in [1.29, 1.82) is 0 Å². The summed E-state index contributed by atoms with van der Waals surface area (Å²) in [6.07, 6.45) is 4.00. The summed E-state index contributed by atoms with van der Waals surface area (Å²) in [5.74, 6) is 0.768. The van der Waals surface area contributed by atoms with E-state index in [0.29, 0.717) is 0 Å². The zero-order chi connectivity index (χ0) is 31.2. The zero-order valence-electron chi connectivity index (χ0n) is 25.7. The van der Waals surface area contributed by atoms with Crippen LogP contribution < -0.4 is 0 Å². The molecule has 222 valence electrons. The number of aromatic nitrogens is 2. The summed E-state index contributed by atoms with van der Waals surface area (Å²) in [7, 11) is 0. The third-order valence-corrected chi connectivity index (χ3v) is 9.64. The first-order valence-electron chi connectivity index (χ1n) is 15.9. The van der Waals surface area contributed by atoms with Crippen LogP contribution in [0.5, 0.6) is 0 Å². The summed E-state index contributed by atoms with van der Waals surface area (Å²) < 4.78 is 17.9. The number of benzene rings is 6. The Morgan fingerprint density at radius 2 is 1.15 bits per heavy atom. The highest BCUT2D eigenvalue weighted by molar-refractivity contribution is 6.29. The summed E-state index contributed by atoms with van der Waals surface area (Å²) in [4.78, 5) is 0. The molecule has 4 heteroatoms. The molecule has 0 N–H and O–H groups in total. The van der Waals surface area contributed by atoms with Gasteiger partial charge in [0.2, 0.25) is 0 Å². The lowest BCUT2D eigenvalue weighted by Crippen LogP contribution is -1.93. The lowest BCUT2D eigenvalue weighted by atomic mass is 10.1. The highest BCUT2D eigenvalue weighted by Crippen LogP contribution is 2.45. The van der Waals surface area contributed by atoms with Gasteiger partial charge in [0.15, 0.2) is 0 Å². The van der Waals surface area contributed by atoms with Crippen LogP contribution in [0.15, 0.2) is 143 Å². The van der Waals surface area contributed by atoms with E-state index in [-0.39, 0.29) is 0 Å². The molecule has 0 fully saturated rings. The fourth-order valence-corrected chi connectivity index (χ4v) is 7.69. The average molecular weight is 605 g/mol. The monoisotopic (exact) mass is 604 g/mol. The Kier molecular flexibility index (Phi) is 5.32. The van der Waals surface area contributed by atoms with Gasteiger partial charge in [-0.05, 0) is 73.7 Å². The van der Waals surface area contributed by atoms with Gasteiger partial charge in [-0.25, -0.2) is 0 Å². The van der Waals surface area contributed by atoms with E-state index in [1.54, 1.807) is 6.08 Å². The molecule has 0 unspecified atom stereocenters. The number of hydrogen-bond donors (Lipinski definition) is 0. The van der Waals surface area contributed by atoms with E-state index in [9.17, 15) is 0 Å². The second kappa shape index (κ2) is 9.62. The van der Waals surface area contributed by atoms with Gasteiger partial charge in [0.1, 0.15) is 22.5 Å². The van der Waals surface area contributed by atoms with Gasteiger partial charge in [0.25, 0.3) is 0 Å². The highest BCUT2D eigenvalue weighted by Gasteiger charge is 2.22. The molecule has 4 aromatic heterocycles. The first kappa shape index (κ1) is 26.0. The number of rotatable bonds is 4. The molecular weight excluding hydrogens is 576 g/mol. The van der Waals surface area contributed by atoms with Crippen molar-refractivity contribution in [2.75, 3.05) is 0 Å². The van der Waals surface area contributed by atoms with Crippen LogP contribution in [0.4, 0.5) is 0 Å². The Morgan fingerprint density at radius 1 is 0.553 bits per heavy atom. The minimum Gasteiger partial charge on any atom is -0.456 e. The molecular formula is C43H28N2O2. The maximum absolute atomic E-state index is 7.06. The van der Waals surface area contributed by atoms with Gasteiger partial charge in [-0.15, -0.1) is 0 Å². The highest BCUT2D eigenvalue weighted by atomic mass is 16.3. The van der Waals surface area contributed by atoms with Gasteiger partial charge in [-0.1, -0.05) is 79.4 Å². The standard InChI is InChI=1S/C43H28N2O2/c1-3-38-33(28-15-9-12-20-39(28)46-38)25-26(2)44-34-18-10-7-16-31(34)40-36(44)23-21-29-30-22-24-37-41(43(30)47-42(29)40)32-17-8-11-19-35(32)45(37)27-13-5-4-6-14-27/h3-25H,1H2,2H3/b26-25+. The third-order valence-electron chi connectivity index (χ3n) is 9.64. The Hall–Kier alpha value is -6.26. The molecule has 4 heterocycles. The van der Waals surface area contributed by atoms with Gasteiger partial charge in [0.05, 0.1) is 32.8 Å². The number of fused-ring (bicyclic) bond motifs is 12. The van der Waals surface area contributed by atoms with Crippen molar-refractivity contribution < 1.29 is 8.83 Å². The first-order valence-corrected chi connectivity index (χ1v) is 15.9. The average Bonchev–Trinajstić information content (AvgIpc) is 3.86. The smallest absolute Gasteiger partial charge is 0.145 e. The molecule has 0 saturated carbocycles. The minimum absolute atomic E-state index is 0.768. The first-order chi connectivity index (χ1) is 23.2. The Labute approximate surface area is 269 Å². The third kappa shape index (κ3) is 3.52.